The maximum Gasteiger partial charge on any atom is 0.413 e. The van der Waals surface area contributed by atoms with E-state index in [1.807, 2.05) is 37.5 Å². The summed E-state index contributed by atoms with van der Waals surface area (Å²) in [4.78, 5) is 39.9. The molecule has 1 saturated heterocycles. The summed E-state index contributed by atoms with van der Waals surface area (Å²) in [6, 6.07) is 3.70. The maximum absolute atomic E-state index is 12.3. The third-order valence-corrected chi connectivity index (χ3v) is 6.66. The highest BCUT2D eigenvalue weighted by atomic mass is 79.9. The van der Waals surface area contributed by atoms with Crippen molar-refractivity contribution in [1.82, 2.24) is 24.8 Å². The Labute approximate surface area is 240 Å². The van der Waals surface area contributed by atoms with Crippen LogP contribution in [0.4, 0.5) is 21.1 Å². The molecule has 3 aromatic rings. The molecule has 1 aromatic carbocycles. The normalized spacial score (nSPS) is 15.9. The second-order valence-electron chi connectivity index (χ2n) is 11.4. The lowest BCUT2D eigenvalue weighted by Crippen LogP contribution is -2.40. The van der Waals surface area contributed by atoms with Crippen molar-refractivity contribution in [3.63, 3.8) is 0 Å². The lowest BCUT2D eigenvalue weighted by Gasteiger charge is -2.25. The number of ether oxygens (including phenoxy) is 2. The van der Waals surface area contributed by atoms with Crippen molar-refractivity contribution in [2.45, 2.75) is 71.8 Å². The molecule has 1 aliphatic heterocycles. The number of hydrogen-bond acceptors (Lipinski definition) is 8. The van der Waals surface area contributed by atoms with Gasteiger partial charge in [0.1, 0.15) is 17.5 Å². The van der Waals surface area contributed by atoms with E-state index in [-0.39, 0.29) is 11.9 Å². The molecule has 1 aliphatic rings. The highest BCUT2D eigenvalue weighted by molar-refractivity contribution is 9.10. The van der Waals surface area contributed by atoms with Crippen molar-refractivity contribution < 1.29 is 19.1 Å². The van der Waals surface area contributed by atoms with E-state index >= 15 is 0 Å². The van der Waals surface area contributed by atoms with Crippen LogP contribution in [-0.4, -0.2) is 62.0 Å². The molecule has 0 saturated carbocycles. The van der Waals surface area contributed by atoms with Crippen LogP contribution in [0.25, 0.3) is 11.2 Å². The van der Waals surface area contributed by atoms with Gasteiger partial charge in [-0.2, -0.15) is 0 Å². The molecule has 39 heavy (non-hydrogen) atoms. The van der Waals surface area contributed by atoms with Gasteiger partial charge in [0, 0.05) is 33.8 Å². The number of anilines is 2. The predicted octanol–water partition coefficient (Wildman–Crippen LogP) is 5.74. The number of aromatic nitrogens is 4. The Bertz CT molecular complexity index is 1380. The van der Waals surface area contributed by atoms with Crippen LogP contribution < -0.4 is 15.5 Å². The predicted molar refractivity (Wildman–Crippen MR) is 153 cm³/mol. The van der Waals surface area contributed by atoms with Crippen LogP contribution >= 0.6 is 27.5 Å². The van der Waals surface area contributed by atoms with Crippen LogP contribution in [0.5, 0.6) is 0 Å². The minimum absolute atomic E-state index is 0.0613. The van der Waals surface area contributed by atoms with Crippen LogP contribution in [0.15, 0.2) is 29.3 Å². The first-order valence-corrected chi connectivity index (χ1v) is 13.7. The summed E-state index contributed by atoms with van der Waals surface area (Å²) < 4.78 is 13.5. The quantitative estimate of drug-likeness (QED) is 0.369. The van der Waals surface area contributed by atoms with Gasteiger partial charge in [-0.1, -0.05) is 27.5 Å². The molecule has 2 aromatic heterocycles. The monoisotopic (exact) mass is 621 g/mol. The summed E-state index contributed by atoms with van der Waals surface area (Å²) in [7, 11) is 0. The number of benzene rings is 1. The first kappa shape index (κ1) is 28.9. The summed E-state index contributed by atoms with van der Waals surface area (Å²) in [6.07, 6.45) is 2.74. The van der Waals surface area contributed by atoms with Crippen LogP contribution in [0.1, 0.15) is 53.5 Å². The van der Waals surface area contributed by atoms with Crippen LogP contribution in [-0.2, 0) is 16.0 Å². The molecule has 0 radical (unpaired) electrons. The number of alkyl carbamates (subject to hydrolysis) is 1. The Morgan fingerprint density at radius 2 is 1.77 bits per heavy atom. The third-order valence-electron chi connectivity index (χ3n) is 5.74. The Balaban J connectivity index is 1.56. The zero-order valence-electron chi connectivity index (χ0n) is 22.8. The number of nitrogens with one attached hydrogen (secondary N) is 2. The molecule has 3 heterocycles. The number of carbonyl (C=O) groups is 2. The van der Waals surface area contributed by atoms with Crippen LogP contribution in [0.2, 0.25) is 5.02 Å². The molecule has 4 rings (SSSR count). The molecule has 0 aliphatic carbocycles. The Morgan fingerprint density at radius 3 is 2.46 bits per heavy atom. The SMILES string of the molecule is CC(C)(C)OC(=O)Nc1ncnc2c1ncn2Cc1c(Br)cc(Cl)cc1N1CCC(NC(=O)OC(C)(C)C)C1. The molecule has 11 nitrogen and oxygen atoms in total. The number of carbonyl (C=O) groups excluding carboxylic acids is 2. The molecule has 2 amide bonds. The van der Waals surface area contributed by atoms with Gasteiger partial charge in [-0.3, -0.25) is 5.32 Å². The Kier molecular flexibility index (Phi) is 8.27. The Morgan fingerprint density at radius 1 is 1.08 bits per heavy atom. The van der Waals surface area contributed by atoms with Crippen molar-refractivity contribution in [3.8, 4) is 0 Å². The number of fused-ring (bicyclic) bond motifs is 1. The van der Waals surface area contributed by atoms with E-state index in [1.54, 1.807) is 27.1 Å². The van der Waals surface area contributed by atoms with Gasteiger partial charge in [0.2, 0.25) is 0 Å². The molecule has 2 N–H and O–H groups in total. The van der Waals surface area contributed by atoms with E-state index in [4.69, 9.17) is 21.1 Å². The highest BCUT2D eigenvalue weighted by Crippen LogP contribution is 2.35. The minimum Gasteiger partial charge on any atom is -0.444 e. The summed E-state index contributed by atoms with van der Waals surface area (Å²) in [6.45, 7) is 12.6. The number of imidazole rings is 1. The van der Waals surface area contributed by atoms with Crippen molar-refractivity contribution in [2.24, 2.45) is 0 Å². The summed E-state index contributed by atoms with van der Waals surface area (Å²) in [5.41, 5.74) is 1.69. The van der Waals surface area contributed by atoms with E-state index in [9.17, 15) is 9.59 Å². The zero-order chi connectivity index (χ0) is 28.5. The molecule has 210 valence electrons. The molecule has 13 heteroatoms. The van der Waals surface area contributed by atoms with Gasteiger partial charge in [0.25, 0.3) is 0 Å². The maximum atomic E-state index is 12.3. The summed E-state index contributed by atoms with van der Waals surface area (Å²) in [5.74, 6) is 0.263. The van der Waals surface area contributed by atoms with E-state index in [2.05, 4.69) is 46.4 Å². The van der Waals surface area contributed by atoms with Crippen LogP contribution in [0.3, 0.4) is 0 Å². The third kappa shape index (κ3) is 7.51. The number of rotatable bonds is 5. The lowest BCUT2D eigenvalue weighted by molar-refractivity contribution is 0.0508. The fraction of sp³-hybridized carbons (Fsp3) is 0.500. The van der Waals surface area contributed by atoms with Crippen LogP contribution in [0, 0.1) is 0 Å². The van der Waals surface area contributed by atoms with Gasteiger partial charge in [-0.15, -0.1) is 0 Å². The van der Waals surface area contributed by atoms with Gasteiger partial charge < -0.3 is 24.3 Å². The van der Waals surface area contributed by atoms with Gasteiger partial charge in [0.15, 0.2) is 17.0 Å². The van der Waals surface area contributed by atoms with Crippen molar-refractivity contribution in [2.75, 3.05) is 23.3 Å². The largest absolute Gasteiger partial charge is 0.444 e. The first-order chi connectivity index (χ1) is 18.2. The lowest BCUT2D eigenvalue weighted by atomic mass is 10.1. The molecule has 0 bridgehead atoms. The summed E-state index contributed by atoms with van der Waals surface area (Å²) >= 11 is 10.1. The molecule has 1 unspecified atom stereocenters. The zero-order valence-corrected chi connectivity index (χ0v) is 25.2. The molecular formula is C26H33BrClN7O4. The van der Waals surface area contributed by atoms with Gasteiger partial charge in [-0.05, 0) is 60.1 Å². The highest BCUT2D eigenvalue weighted by Gasteiger charge is 2.28. The van der Waals surface area contributed by atoms with E-state index in [0.29, 0.717) is 29.3 Å². The Hall–Kier alpha value is -3.12. The van der Waals surface area contributed by atoms with Gasteiger partial charge in [-0.25, -0.2) is 24.5 Å². The average molecular weight is 623 g/mol. The van der Waals surface area contributed by atoms with Crippen molar-refractivity contribution >= 4 is 62.4 Å². The number of halogens is 2. The molecule has 1 fully saturated rings. The first-order valence-electron chi connectivity index (χ1n) is 12.6. The van der Waals surface area contributed by atoms with Gasteiger partial charge in [0.05, 0.1) is 18.9 Å². The van der Waals surface area contributed by atoms with E-state index in [1.165, 1.54) is 6.33 Å². The fourth-order valence-electron chi connectivity index (χ4n) is 4.26. The molecule has 1 atom stereocenters. The average Bonchev–Trinajstić information content (AvgIpc) is 3.40. The molecule has 0 spiro atoms. The fourth-order valence-corrected chi connectivity index (χ4v) is 5.18. The number of hydrogen-bond donors (Lipinski definition) is 2. The minimum atomic E-state index is -0.649. The summed E-state index contributed by atoms with van der Waals surface area (Å²) in [5, 5.41) is 6.21. The second-order valence-corrected chi connectivity index (χ2v) is 12.6. The van der Waals surface area contributed by atoms with Gasteiger partial charge >= 0.3 is 12.2 Å². The topological polar surface area (TPSA) is 124 Å². The number of nitrogens with zero attached hydrogens (tertiary/aromatic N) is 5. The smallest absolute Gasteiger partial charge is 0.413 e. The standard InChI is InChI=1S/C26H33BrClN7O4/c1-25(2,3)38-23(36)32-16-7-8-34(11-16)19-10-15(28)9-18(27)17(19)12-35-14-31-20-21(29-13-30-22(20)35)33-24(37)39-26(4,5)6/h9-10,13-14,16H,7-8,11-12H2,1-6H3,(H,32,36)(H,29,30,33,37). The van der Waals surface area contributed by atoms with E-state index in [0.717, 1.165) is 28.7 Å². The van der Waals surface area contributed by atoms with E-state index < -0.39 is 23.4 Å². The second kappa shape index (κ2) is 11.2. The van der Waals surface area contributed by atoms with Crippen molar-refractivity contribution in [1.29, 1.82) is 0 Å². The molecular weight excluding hydrogens is 590 g/mol. The van der Waals surface area contributed by atoms with Crippen molar-refractivity contribution in [3.05, 3.63) is 39.8 Å². The number of amides is 2.